The third kappa shape index (κ3) is 1.70. The Bertz CT molecular complexity index is 161. The van der Waals surface area contributed by atoms with Gasteiger partial charge in [-0.05, 0) is 14.1 Å². The Morgan fingerprint density at radius 2 is 2.18 bits per heavy atom. The summed E-state index contributed by atoms with van der Waals surface area (Å²) in [5, 5.41) is 0. The predicted molar refractivity (Wildman–Crippen MR) is 41.1 cm³/mol. The summed E-state index contributed by atoms with van der Waals surface area (Å²) in [4.78, 5) is 15.1. The molecule has 1 rings (SSSR count). The molecule has 0 aliphatic carbocycles. The van der Waals surface area contributed by atoms with Crippen molar-refractivity contribution >= 4 is 5.97 Å². The molecule has 0 amide bonds. The van der Waals surface area contributed by atoms with Crippen molar-refractivity contribution in [1.29, 1.82) is 0 Å². The highest BCUT2D eigenvalue weighted by Gasteiger charge is 2.31. The second-order valence-electron chi connectivity index (χ2n) is 2.98. The Morgan fingerprint density at radius 3 is 2.55 bits per heavy atom. The van der Waals surface area contributed by atoms with Crippen molar-refractivity contribution < 1.29 is 9.53 Å². The van der Waals surface area contributed by atoms with Crippen LogP contribution in [0.4, 0.5) is 0 Å². The van der Waals surface area contributed by atoms with Gasteiger partial charge in [0.2, 0.25) is 0 Å². The van der Waals surface area contributed by atoms with E-state index < -0.39 is 0 Å². The van der Waals surface area contributed by atoms with E-state index in [-0.39, 0.29) is 12.0 Å². The maximum absolute atomic E-state index is 11.1. The van der Waals surface area contributed by atoms with Crippen LogP contribution in [0.2, 0.25) is 0 Å². The van der Waals surface area contributed by atoms with Gasteiger partial charge >= 0.3 is 5.97 Å². The lowest BCUT2D eigenvalue weighted by atomic mass is 10.3. The van der Waals surface area contributed by atoms with Gasteiger partial charge in [0.05, 0.1) is 13.8 Å². The largest absolute Gasteiger partial charge is 0.468 e. The van der Waals surface area contributed by atoms with E-state index in [9.17, 15) is 4.79 Å². The number of likely N-dealkylation sites (N-methyl/N-ethyl adjacent to an activating group) is 2. The topological polar surface area (TPSA) is 32.8 Å². The van der Waals surface area contributed by atoms with Gasteiger partial charge < -0.3 is 4.74 Å². The molecule has 1 heterocycles. The Hall–Kier alpha value is -0.610. The fraction of sp³-hybridized carbons (Fsp3) is 0.857. The highest BCUT2D eigenvalue weighted by Crippen LogP contribution is 2.09. The minimum atomic E-state index is -0.142. The van der Waals surface area contributed by atoms with E-state index in [0.717, 1.165) is 13.2 Å². The molecule has 0 aromatic rings. The molecule has 0 bridgehead atoms. The lowest BCUT2D eigenvalue weighted by Gasteiger charge is -2.14. The molecule has 4 nitrogen and oxygen atoms in total. The molecule has 1 aliphatic heterocycles. The number of carbonyl (C=O) groups excluding carboxylic acids is 1. The first-order valence-electron chi connectivity index (χ1n) is 3.61. The monoisotopic (exact) mass is 158 g/mol. The number of esters is 1. The second-order valence-corrected chi connectivity index (χ2v) is 2.98. The first-order valence-corrected chi connectivity index (χ1v) is 3.61. The molecule has 0 saturated carbocycles. The minimum absolute atomic E-state index is 0.0787. The van der Waals surface area contributed by atoms with Crippen LogP contribution in [0.3, 0.4) is 0 Å². The summed E-state index contributed by atoms with van der Waals surface area (Å²) in [6.07, 6.45) is 0. The molecule has 1 fully saturated rings. The van der Waals surface area contributed by atoms with E-state index in [4.69, 9.17) is 0 Å². The van der Waals surface area contributed by atoms with Gasteiger partial charge in [0.1, 0.15) is 6.04 Å². The lowest BCUT2D eigenvalue weighted by Crippen LogP contribution is -2.35. The van der Waals surface area contributed by atoms with Gasteiger partial charge in [-0.1, -0.05) is 0 Å². The summed E-state index contributed by atoms with van der Waals surface area (Å²) in [6.45, 7) is 1.60. The normalized spacial score (nSPS) is 27.4. The van der Waals surface area contributed by atoms with Crippen molar-refractivity contribution in [1.82, 2.24) is 9.80 Å². The summed E-state index contributed by atoms with van der Waals surface area (Å²) >= 11 is 0. The van der Waals surface area contributed by atoms with Crippen molar-refractivity contribution in [3.8, 4) is 0 Å². The number of carbonyl (C=O) groups is 1. The molecule has 0 aromatic heterocycles. The van der Waals surface area contributed by atoms with Crippen LogP contribution in [0.25, 0.3) is 0 Å². The van der Waals surface area contributed by atoms with Crippen molar-refractivity contribution in [2.75, 3.05) is 34.4 Å². The van der Waals surface area contributed by atoms with Crippen molar-refractivity contribution in [3.63, 3.8) is 0 Å². The molecular formula is C7H14N2O2. The average molecular weight is 158 g/mol. The van der Waals surface area contributed by atoms with Crippen LogP contribution in [-0.2, 0) is 9.53 Å². The van der Waals surface area contributed by atoms with Gasteiger partial charge in [0.25, 0.3) is 0 Å². The van der Waals surface area contributed by atoms with Crippen LogP contribution >= 0.6 is 0 Å². The van der Waals surface area contributed by atoms with Crippen LogP contribution in [0.1, 0.15) is 0 Å². The van der Waals surface area contributed by atoms with Gasteiger partial charge in [0.15, 0.2) is 0 Å². The zero-order valence-corrected chi connectivity index (χ0v) is 7.20. The first-order chi connectivity index (χ1) is 5.15. The van der Waals surface area contributed by atoms with Crippen LogP contribution in [0.15, 0.2) is 0 Å². The number of rotatable bonds is 1. The molecule has 0 N–H and O–H groups in total. The van der Waals surface area contributed by atoms with Crippen molar-refractivity contribution in [3.05, 3.63) is 0 Å². The van der Waals surface area contributed by atoms with E-state index in [1.54, 1.807) is 0 Å². The predicted octanol–water partition coefficient (Wildman–Crippen LogP) is -0.637. The molecule has 64 valence electrons. The fourth-order valence-electron chi connectivity index (χ4n) is 1.36. The standard InChI is InChI=1S/C7H14N2O2/c1-8-4-6(7(10)11-3)9(2)5-8/h6H,4-5H2,1-3H3. The summed E-state index contributed by atoms with van der Waals surface area (Å²) in [5.41, 5.74) is 0. The van der Waals surface area contributed by atoms with Gasteiger partial charge in [0, 0.05) is 6.54 Å². The number of nitrogens with zero attached hydrogens (tertiary/aromatic N) is 2. The van der Waals surface area contributed by atoms with Crippen molar-refractivity contribution in [2.45, 2.75) is 6.04 Å². The summed E-state index contributed by atoms with van der Waals surface area (Å²) in [5.74, 6) is -0.142. The van der Waals surface area contributed by atoms with Crippen molar-refractivity contribution in [2.24, 2.45) is 0 Å². The molecule has 1 saturated heterocycles. The number of ether oxygens (including phenoxy) is 1. The molecule has 0 radical (unpaired) electrons. The second kappa shape index (κ2) is 3.19. The SMILES string of the molecule is COC(=O)C1CN(C)CN1C. The molecule has 0 aromatic carbocycles. The van der Waals surface area contributed by atoms with Crippen LogP contribution < -0.4 is 0 Å². The quantitative estimate of drug-likeness (QED) is 0.475. The van der Waals surface area contributed by atoms with E-state index in [2.05, 4.69) is 9.64 Å². The van der Waals surface area contributed by atoms with E-state index in [0.29, 0.717) is 0 Å². The maximum atomic E-state index is 11.1. The third-order valence-corrected chi connectivity index (χ3v) is 1.95. The smallest absolute Gasteiger partial charge is 0.324 e. The van der Waals surface area contributed by atoms with E-state index in [1.165, 1.54) is 7.11 Å². The molecular weight excluding hydrogens is 144 g/mol. The molecule has 11 heavy (non-hydrogen) atoms. The summed E-state index contributed by atoms with van der Waals surface area (Å²) < 4.78 is 4.65. The molecule has 1 aliphatic rings. The highest BCUT2D eigenvalue weighted by molar-refractivity contribution is 5.76. The Morgan fingerprint density at radius 1 is 1.55 bits per heavy atom. The summed E-state index contributed by atoms with van der Waals surface area (Å²) in [7, 11) is 5.33. The molecule has 1 atom stereocenters. The first kappa shape index (κ1) is 8.49. The molecule has 1 unspecified atom stereocenters. The third-order valence-electron chi connectivity index (χ3n) is 1.95. The highest BCUT2D eigenvalue weighted by atomic mass is 16.5. The van der Waals surface area contributed by atoms with Gasteiger partial charge in [-0.25, -0.2) is 0 Å². The van der Waals surface area contributed by atoms with Crippen LogP contribution in [0, 0.1) is 0 Å². The Kier molecular flexibility index (Phi) is 2.46. The Labute approximate surface area is 66.7 Å². The van der Waals surface area contributed by atoms with Gasteiger partial charge in [-0.15, -0.1) is 0 Å². The minimum Gasteiger partial charge on any atom is -0.468 e. The van der Waals surface area contributed by atoms with Crippen LogP contribution in [-0.4, -0.2) is 56.2 Å². The number of methoxy groups -OCH3 is 1. The maximum Gasteiger partial charge on any atom is 0.324 e. The number of hydrogen-bond donors (Lipinski definition) is 0. The van der Waals surface area contributed by atoms with Crippen LogP contribution in [0.5, 0.6) is 0 Å². The van der Waals surface area contributed by atoms with E-state index in [1.807, 2.05) is 19.0 Å². The fourth-order valence-corrected chi connectivity index (χ4v) is 1.36. The number of hydrogen-bond acceptors (Lipinski definition) is 4. The zero-order valence-electron chi connectivity index (χ0n) is 7.20. The molecule has 4 heteroatoms. The van der Waals surface area contributed by atoms with E-state index >= 15 is 0 Å². The lowest BCUT2D eigenvalue weighted by molar-refractivity contribution is -0.144. The average Bonchev–Trinajstić information content (AvgIpc) is 2.28. The van der Waals surface area contributed by atoms with Gasteiger partial charge in [-0.2, -0.15) is 0 Å². The van der Waals surface area contributed by atoms with Gasteiger partial charge in [-0.3, -0.25) is 14.6 Å². The molecule has 0 spiro atoms. The summed E-state index contributed by atoms with van der Waals surface area (Å²) in [6, 6.07) is -0.0787. The Balaban J connectivity index is 2.52. The zero-order chi connectivity index (χ0) is 8.43.